The lowest BCUT2D eigenvalue weighted by Gasteiger charge is -2.14. The number of rotatable bonds is 8. The summed E-state index contributed by atoms with van der Waals surface area (Å²) in [5.74, 6) is -0.691. The SMILES string of the molecule is Cc1noc(C)c1CSc1ncccc1C(=O)O[C@H](C)C(=O)Nc1sccc1C(N)=O. The van der Waals surface area contributed by atoms with E-state index >= 15 is 0 Å². The van der Waals surface area contributed by atoms with E-state index in [1.165, 1.54) is 24.8 Å². The predicted octanol–water partition coefficient (Wildman–Crippen LogP) is 3.32. The first-order chi connectivity index (χ1) is 14.8. The maximum atomic E-state index is 12.7. The van der Waals surface area contributed by atoms with Crippen LogP contribution in [0.3, 0.4) is 0 Å². The number of carbonyl (C=O) groups excluding carboxylic acids is 3. The summed E-state index contributed by atoms with van der Waals surface area (Å²) in [5, 5.41) is 8.88. The Morgan fingerprint density at radius 3 is 2.74 bits per heavy atom. The van der Waals surface area contributed by atoms with Gasteiger partial charge in [0.15, 0.2) is 6.10 Å². The Kier molecular flexibility index (Phi) is 7.08. The van der Waals surface area contributed by atoms with Gasteiger partial charge in [-0.1, -0.05) is 5.16 Å². The van der Waals surface area contributed by atoms with E-state index in [9.17, 15) is 14.4 Å². The van der Waals surface area contributed by atoms with E-state index < -0.39 is 23.9 Å². The van der Waals surface area contributed by atoms with Gasteiger partial charge in [-0.05, 0) is 44.4 Å². The predicted molar refractivity (Wildman–Crippen MR) is 116 cm³/mol. The van der Waals surface area contributed by atoms with E-state index in [2.05, 4.69) is 15.5 Å². The number of carbonyl (C=O) groups is 3. The zero-order valence-electron chi connectivity index (χ0n) is 17.0. The van der Waals surface area contributed by atoms with Gasteiger partial charge in [0.1, 0.15) is 15.8 Å². The van der Waals surface area contributed by atoms with Crippen LogP contribution in [-0.4, -0.2) is 34.0 Å². The van der Waals surface area contributed by atoms with Crippen molar-refractivity contribution in [3.63, 3.8) is 0 Å². The molecule has 3 rings (SSSR count). The van der Waals surface area contributed by atoms with Gasteiger partial charge in [0.05, 0.1) is 16.8 Å². The molecule has 0 unspecified atom stereocenters. The summed E-state index contributed by atoms with van der Waals surface area (Å²) in [6.07, 6.45) is 0.473. The summed E-state index contributed by atoms with van der Waals surface area (Å²) in [7, 11) is 0. The molecule has 31 heavy (non-hydrogen) atoms. The molecule has 1 atom stereocenters. The zero-order valence-corrected chi connectivity index (χ0v) is 18.6. The topological polar surface area (TPSA) is 137 Å². The van der Waals surface area contributed by atoms with Gasteiger partial charge in [0, 0.05) is 17.5 Å². The van der Waals surface area contributed by atoms with Crippen LogP contribution in [0.15, 0.2) is 39.3 Å². The van der Waals surface area contributed by atoms with Crippen molar-refractivity contribution >= 4 is 45.9 Å². The van der Waals surface area contributed by atoms with Crippen LogP contribution in [0.2, 0.25) is 0 Å². The molecule has 0 aliphatic heterocycles. The Hall–Kier alpha value is -3.18. The standard InChI is InChI=1S/C20H20N4O5S2/c1-10-15(11(2)29-24-10)9-31-18-14(5-4-7-22-18)20(27)28-12(3)17(26)23-19-13(16(21)25)6-8-30-19/h4-8,12H,9H2,1-3H3,(H2,21,25)(H,23,26)/t12-/m1/s1. The van der Waals surface area contributed by atoms with E-state index in [0.29, 0.717) is 21.5 Å². The lowest BCUT2D eigenvalue weighted by molar-refractivity contribution is -0.123. The number of pyridine rings is 1. The normalized spacial score (nSPS) is 11.7. The minimum absolute atomic E-state index is 0.196. The molecule has 0 aromatic carbocycles. The fourth-order valence-corrected chi connectivity index (χ4v) is 4.53. The van der Waals surface area contributed by atoms with Gasteiger partial charge >= 0.3 is 5.97 Å². The van der Waals surface area contributed by atoms with Crippen molar-refractivity contribution in [1.82, 2.24) is 10.1 Å². The molecule has 0 radical (unpaired) electrons. The van der Waals surface area contributed by atoms with Crippen molar-refractivity contribution in [3.05, 3.63) is 57.9 Å². The highest BCUT2D eigenvalue weighted by Gasteiger charge is 2.23. The summed E-state index contributed by atoms with van der Waals surface area (Å²) in [6, 6.07) is 4.71. The maximum absolute atomic E-state index is 12.7. The van der Waals surface area contributed by atoms with Crippen LogP contribution in [0.1, 0.15) is 44.7 Å². The number of amides is 2. The third-order valence-corrected chi connectivity index (χ3v) is 6.21. The number of primary amides is 1. The Morgan fingerprint density at radius 1 is 1.29 bits per heavy atom. The fraction of sp³-hybridized carbons (Fsp3) is 0.250. The van der Waals surface area contributed by atoms with Crippen LogP contribution in [-0.2, 0) is 15.3 Å². The summed E-state index contributed by atoms with van der Waals surface area (Å²) in [5.41, 5.74) is 7.43. The number of nitrogens with two attached hydrogens (primary N) is 1. The molecule has 0 bridgehead atoms. The first-order valence-corrected chi connectivity index (χ1v) is 11.0. The number of esters is 1. The second-order valence-corrected chi connectivity index (χ2v) is 8.39. The number of hydrogen-bond acceptors (Lipinski definition) is 9. The molecule has 3 N–H and O–H groups in total. The van der Waals surface area contributed by atoms with Crippen molar-refractivity contribution < 1.29 is 23.6 Å². The van der Waals surface area contributed by atoms with Gasteiger partial charge in [-0.25, -0.2) is 9.78 Å². The lowest BCUT2D eigenvalue weighted by atomic mass is 10.2. The zero-order chi connectivity index (χ0) is 22.5. The number of ether oxygens (including phenoxy) is 1. The number of aryl methyl sites for hydroxylation is 2. The molecule has 0 saturated carbocycles. The quantitative estimate of drug-likeness (QED) is 0.386. The monoisotopic (exact) mass is 460 g/mol. The van der Waals surface area contributed by atoms with E-state index in [4.69, 9.17) is 15.0 Å². The number of nitrogens with zero attached hydrogens (tertiary/aromatic N) is 2. The summed E-state index contributed by atoms with van der Waals surface area (Å²) in [6.45, 7) is 5.11. The van der Waals surface area contributed by atoms with Gasteiger partial charge in [0.2, 0.25) is 0 Å². The molecule has 0 fully saturated rings. The van der Waals surface area contributed by atoms with Crippen LogP contribution in [0, 0.1) is 13.8 Å². The highest BCUT2D eigenvalue weighted by atomic mass is 32.2. The van der Waals surface area contributed by atoms with Crippen molar-refractivity contribution in [3.8, 4) is 0 Å². The summed E-state index contributed by atoms with van der Waals surface area (Å²) < 4.78 is 10.5. The molecular formula is C20H20N4O5S2. The lowest BCUT2D eigenvalue weighted by Crippen LogP contribution is -2.30. The Morgan fingerprint density at radius 2 is 2.06 bits per heavy atom. The molecule has 0 saturated heterocycles. The first kappa shape index (κ1) is 22.5. The largest absolute Gasteiger partial charge is 0.449 e. The molecule has 11 heteroatoms. The van der Waals surface area contributed by atoms with Crippen LogP contribution >= 0.6 is 23.1 Å². The smallest absolute Gasteiger partial charge is 0.341 e. The fourth-order valence-electron chi connectivity index (χ4n) is 2.60. The third kappa shape index (κ3) is 5.30. The molecule has 3 aromatic heterocycles. The molecule has 0 aliphatic carbocycles. The number of aromatic nitrogens is 2. The molecule has 3 heterocycles. The average molecular weight is 461 g/mol. The van der Waals surface area contributed by atoms with Crippen molar-refractivity contribution in [2.45, 2.75) is 37.7 Å². The van der Waals surface area contributed by atoms with Gasteiger partial charge in [-0.3, -0.25) is 9.59 Å². The van der Waals surface area contributed by atoms with E-state index in [0.717, 1.165) is 22.6 Å². The summed E-state index contributed by atoms with van der Waals surface area (Å²) >= 11 is 2.49. The van der Waals surface area contributed by atoms with E-state index in [1.54, 1.807) is 23.7 Å². The maximum Gasteiger partial charge on any atom is 0.341 e. The van der Waals surface area contributed by atoms with E-state index in [-0.39, 0.29) is 11.1 Å². The molecule has 162 valence electrons. The van der Waals surface area contributed by atoms with Crippen LogP contribution in [0.25, 0.3) is 0 Å². The van der Waals surface area contributed by atoms with Gasteiger partial charge in [0.25, 0.3) is 11.8 Å². The highest BCUT2D eigenvalue weighted by Crippen LogP contribution is 2.28. The average Bonchev–Trinajstić information content (AvgIpc) is 3.33. The Bertz CT molecular complexity index is 1100. The highest BCUT2D eigenvalue weighted by molar-refractivity contribution is 7.98. The molecule has 0 aliphatic rings. The van der Waals surface area contributed by atoms with Gasteiger partial charge in [-0.2, -0.15) is 0 Å². The Labute approximate surface area is 186 Å². The van der Waals surface area contributed by atoms with Gasteiger partial charge < -0.3 is 20.3 Å². The molecule has 9 nitrogen and oxygen atoms in total. The van der Waals surface area contributed by atoms with Crippen molar-refractivity contribution in [2.24, 2.45) is 5.73 Å². The number of thioether (sulfide) groups is 1. The minimum atomic E-state index is -1.10. The van der Waals surface area contributed by atoms with Crippen molar-refractivity contribution in [1.29, 1.82) is 0 Å². The minimum Gasteiger partial charge on any atom is -0.449 e. The number of hydrogen-bond donors (Lipinski definition) is 2. The second-order valence-electron chi connectivity index (χ2n) is 6.51. The molecular weight excluding hydrogens is 440 g/mol. The van der Waals surface area contributed by atoms with Crippen LogP contribution in [0.5, 0.6) is 0 Å². The van der Waals surface area contributed by atoms with Crippen LogP contribution < -0.4 is 11.1 Å². The number of anilines is 1. The molecule has 3 aromatic rings. The third-order valence-electron chi connectivity index (χ3n) is 4.35. The number of nitrogens with one attached hydrogen (secondary N) is 1. The summed E-state index contributed by atoms with van der Waals surface area (Å²) in [4.78, 5) is 40.8. The first-order valence-electron chi connectivity index (χ1n) is 9.16. The molecule has 0 spiro atoms. The Balaban J connectivity index is 1.66. The van der Waals surface area contributed by atoms with E-state index in [1.807, 2.05) is 13.8 Å². The number of thiophene rings is 1. The van der Waals surface area contributed by atoms with Crippen molar-refractivity contribution in [2.75, 3.05) is 5.32 Å². The van der Waals surface area contributed by atoms with Crippen LogP contribution in [0.4, 0.5) is 5.00 Å². The second kappa shape index (κ2) is 9.75. The van der Waals surface area contributed by atoms with Gasteiger partial charge in [-0.15, -0.1) is 23.1 Å². The molecule has 2 amide bonds.